The Balaban J connectivity index is 2.85. The van der Waals surface area contributed by atoms with E-state index in [9.17, 15) is 18.5 Å². The topological polar surface area (TPSA) is 133 Å². The van der Waals surface area contributed by atoms with Crippen molar-refractivity contribution in [1.29, 1.82) is 0 Å². The van der Waals surface area contributed by atoms with Crippen LogP contribution < -0.4 is 9.47 Å². The molecule has 1 aromatic carbocycles. The van der Waals surface area contributed by atoms with Gasteiger partial charge in [0.2, 0.25) is 0 Å². The van der Waals surface area contributed by atoms with Crippen LogP contribution in [0.5, 0.6) is 11.5 Å². The van der Waals surface area contributed by atoms with Crippen LogP contribution in [-0.4, -0.2) is 63.4 Å². The summed E-state index contributed by atoms with van der Waals surface area (Å²) in [5, 5.41) is 11.3. The fraction of sp³-hybridized carbons (Fsp3) is 0.600. The number of benzene rings is 1. The molecule has 160 valence electrons. The van der Waals surface area contributed by atoms with Gasteiger partial charge in [0.1, 0.15) is 0 Å². The normalized spacial score (nSPS) is 12.0. The third kappa shape index (κ3) is 6.39. The minimum atomic E-state index is -3.94. The summed E-state index contributed by atoms with van der Waals surface area (Å²) in [6, 6.07) is 2.74. The second-order valence-corrected chi connectivity index (χ2v) is 10.4. The lowest BCUT2D eigenvalue weighted by Crippen LogP contribution is -2.42. The van der Waals surface area contributed by atoms with Gasteiger partial charge in [-0.15, -0.1) is 0 Å². The van der Waals surface area contributed by atoms with Gasteiger partial charge in [0.05, 0.1) is 43.1 Å². The maximum atomic E-state index is 12.2. The zero-order valence-corrected chi connectivity index (χ0v) is 18.2. The molecule has 11 nitrogen and oxygen atoms in total. The maximum absolute atomic E-state index is 12.2. The summed E-state index contributed by atoms with van der Waals surface area (Å²) >= 11 is 0. The third-order valence-corrected chi connectivity index (χ3v) is 8.08. The van der Waals surface area contributed by atoms with Crippen LogP contribution in [0.1, 0.15) is 12.0 Å². The summed E-state index contributed by atoms with van der Waals surface area (Å²) in [5.74, 6) is 0.0554. The monoisotopic (exact) mass is 439 g/mol. The molecule has 0 N–H and O–H groups in total. The average Bonchev–Trinajstić information content (AvgIpc) is 2.69. The molecule has 28 heavy (non-hydrogen) atoms. The van der Waals surface area contributed by atoms with E-state index in [2.05, 4.69) is 0 Å². The molecular weight excluding hydrogens is 414 g/mol. The summed E-state index contributed by atoms with van der Waals surface area (Å²) in [6.07, 6.45) is 0.179. The number of ether oxygens (including phenoxy) is 2. The minimum absolute atomic E-state index is 0.0422. The zero-order chi connectivity index (χ0) is 21.4. The zero-order valence-electron chi connectivity index (χ0n) is 16.4. The highest BCUT2D eigenvalue weighted by molar-refractivity contribution is 7.86. The van der Waals surface area contributed by atoms with Crippen LogP contribution in [0, 0.1) is 10.1 Å². The van der Waals surface area contributed by atoms with E-state index in [0.717, 1.165) is 6.07 Å². The predicted molar refractivity (Wildman–Crippen MR) is 101 cm³/mol. The van der Waals surface area contributed by atoms with Crippen molar-refractivity contribution < 1.29 is 40.3 Å². The van der Waals surface area contributed by atoms with Crippen molar-refractivity contribution in [2.75, 3.05) is 41.3 Å². The highest BCUT2D eigenvalue weighted by atomic mass is 32.2. The second-order valence-electron chi connectivity index (χ2n) is 5.52. The van der Waals surface area contributed by atoms with Crippen LogP contribution in [0.4, 0.5) is 5.69 Å². The van der Waals surface area contributed by atoms with Crippen molar-refractivity contribution in [3.05, 3.63) is 27.8 Å². The molecule has 1 rings (SSSR count). The molecule has 0 spiro atoms. The van der Waals surface area contributed by atoms with Gasteiger partial charge in [-0.2, -0.15) is 8.42 Å². The van der Waals surface area contributed by atoms with Gasteiger partial charge in [-0.25, -0.2) is 0 Å². The first-order chi connectivity index (χ1) is 13.2. The minimum Gasteiger partial charge on any atom is -0.493 e. The average molecular weight is 440 g/mol. The summed E-state index contributed by atoms with van der Waals surface area (Å²) in [7, 11) is 0.161. The van der Waals surface area contributed by atoms with Crippen LogP contribution in [0.15, 0.2) is 12.1 Å². The lowest BCUT2D eigenvalue weighted by atomic mass is 10.1. The number of nitro groups is 1. The number of nitro benzene ring substituents is 1. The molecule has 0 saturated carbocycles. The molecule has 0 aliphatic heterocycles. The van der Waals surface area contributed by atoms with Crippen molar-refractivity contribution in [3.8, 4) is 11.5 Å². The van der Waals surface area contributed by atoms with Crippen LogP contribution in [0.25, 0.3) is 0 Å². The summed E-state index contributed by atoms with van der Waals surface area (Å²) in [6.45, 7) is -0.513. The van der Waals surface area contributed by atoms with Gasteiger partial charge in [0, 0.05) is 27.4 Å². The highest BCUT2D eigenvalue weighted by Crippen LogP contribution is 2.35. The van der Waals surface area contributed by atoms with E-state index in [1.807, 2.05) is 0 Å². The molecule has 0 saturated heterocycles. The van der Waals surface area contributed by atoms with Gasteiger partial charge < -0.3 is 22.8 Å². The smallest absolute Gasteiger partial charge is 0.493 e. The van der Waals surface area contributed by atoms with Gasteiger partial charge in [0.15, 0.2) is 11.5 Å². The number of methoxy groups -OCH3 is 2. The number of hydrogen-bond acceptors (Lipinski definition) is 10. The van der Waals surface area contributed by atoms with Crippen LogP contribution >= 0.6 is 0 Å². The van der Waals surface area contributed by atoms with Crippen molar-refractivity contribution in [2.24, 2.45) is 0 Å². The van der Waals surface area contributed by atoms with E-state index >= 15 is 0 Å². The van der Waals surface area contributed by atoms with Gasteiger partial charge in [-0.1, -0.05) is 0 Å². The Morgan fingerprint density at radius 2 is 1.54 bits per heavy atom. The van der Waals surface area contributed by atoms with Crippen molar-refractivity contribution >= 4 is 24.6 Å². The van der Waals surface area contributed by atoms with Crippen LogP contribution in [0.2, 0.25) is 6.04 Å². The van der Waals surface area contributed by atoms with Gasteiger partial charge >= 0.3 is 8.80 Å². The van der Waals surface area contributed by atoms with E-state index in [4.69, 9.17) is 26.9 Å². The third-order valence-electron chi connectivity index (χ3n) is 3.99. The molecule has 0 heterocycles. The predicted octanol–water partition coefficient (Wildman–Crippen LogP) is 1.73. The lowest BCUT2D eigenvalue weighted by molar-refractivity contribution is -0.385. The fourth-order valence-corrected chi connectivity index (χ4v) is 5.33. The largest absolute Gasteiger partial charge is 0.500 e. The number of nitrogens with zero attached hydrogens (tertiary/aromatic N) is 1. The van der Waals surface area contributed by atoms with Crippen molar-refractivity contribution in [3.63, 3.8) is 0 Å². The molecule has 0 aliphatic carbocycles. The standard InChI is InChI=1S/C15H25NO10SSi/c1-21-14-9-12(13(16(17)18)10-15(14)22-2)11-26-27(19,20)7-6-8-28(23-3,24-4)25-5/h9-10H,6-8,11H2,1-5H3. The van der Waals surface area contributed by atoms with Gasteiger partial charge in [-0.05, 0) is 12.5 Å². The Kier molecular flexibility index (Phi) is 9.26. The molecule has 1 aromatic rings. The maximum Gasteiger partial charge on any atom is 0.500 e. The Bertz CT molecular complexity index is 758. The first-order valence-corrected chi connectivity index (χ1v) is 11.6. The Labute approximate surface area is 165 Å². The molecule has 0 aromatic heterocycles. The number of hydrogen-bond donors (Lipinski definition) is 0. The van der Waals surface area contributed by atoms with E-state index in [0.29, 0.717) is 0 Å². The molecule has 0 atom stereocenters. The Hall–Kier alpha value is -1.77. The van der Waals surface area contributed by atoms with Gasteiger partial charge in [0.25, 0.3) is 15.8 Å². The molecule has 0 aliphatic rings. The molecular formula is C15H25NO10SSi. The van der Waals surface area contributed by atoms with Gasteiger partial charge in [-0.3, -0.25) is 14.3 Å². The lowest BCUT2D eigenvalue weighted by Gasteiger charge is -2.24. The summed E-state index contributed by atoms with van der Waals surface area (Å²) < 4.78 is 55.1. The first-order valence-electron chi connectivity index (χ1n) is 8.09. The SMILES string of the molecule is COc1cc(COS(=O)(=O)CCC[Si](OC)(OC)OC)c([N+](=O)[O-])cc1OC. The van der Waals surface area contributed by atoms with E-state index in [1.54, 1.807) is 0 Å². The molecule has 0 unspecified atom stereocenters. The van der Waals surface area contributed by atoms with E-state index in [1.165, 1.54) is 41.6 Å². The number of rotatable bonds is 13. The molecule has 0 bridgehead atoms. The van der Waals surface area contributed by atoms with Crippen LogP contribution in [-0.2, 0) is 34.2 Å². The molecule has 0 fully saturated rings. The Morgan fingerprint density at radius 1 is 1.00 bits per heavy atom. The van der Waals surface area contributed by atoms with Crippen molar-refractivity contribution in [2.45, 2.75) is 19.1 Å². The second kappa shape index (κ2) is 10.7. The molecule has 0 radical (unpaired) electrons. The fourth-order valence-electron chi connectivity index (χ4n) is 2.43. The van der Waals surface area contributed by atoms with Crippen molar-refractivity contribution in [1.82, 2.24) is 0 Å². The van der Waals surface area contributed by atoms with E-state index in [-0.39, 0.29) is 41.0 Å². The first kappa shape index (κ1) is 24.3. The summed E-state index contributed by atoms with van der Waals surface area (Å²) in [4.78, 5) is 10.6. The highest BCUT2D eigenvalue weighted by Gasteiger charge is 2.37. The molecule has 13 heteroatoms. The Morgan fingerprint density at radius 3 is 2.00 bits per heavy atom. The van der Waals surface area contributed by atoms with Crippen LogP contribution in [0.3, 0.4) is 0 Å². The summed E-state index contributed by atoms with van der Waals surface area (Å²) in [5.41, 5.74) is -0.293. The quantitative estimate of drug-likeness (QED) is 0.194. The molecule has 0 amide bonds. The van der Waals surface area contributed by atoms with E-state index < -0.39 is 30.5 Å².